The van der Waals surface area contributed by atoms with Gasteiger partial charge in [0, 0.05) is 5.56 Å². The van der Waals surface area contributed by atoms with E-state index in [1.165, 1.54) is 35.6 Å². The van der Waals surface area contributed by atoms with Crippen LogP contribution in [0.4, 0.5) is 18.3 Å². The number of carbonyl (C=O) groups is 1. The monoisotopic (exact) mass is 416 g/mol. The summed E-state index contributed by atoms with van der Waals surface area (Å²) in [5.74, 6) is -0.349. The highest BCUT2D eigenvalue weighted by Gasteiger charge is 2.30. The van der Waals surface area contributed by atoms with Crippen molar-refractivity contribution in [2.24, 2.45) is 0 Å². The third kappa shape index (κ3) is 3.88. The van der Waals surface area contributed by atoms with Crippen molar-refractivity contribution >= 4 is 32.6 Å². The van der Waals surface area contributed by atoms with Crippen molar-refractivity contribution < 1.29 is 22.4 Å². The minimum atomic E-state index is -4.45. The summed E-state index contributed by atoms with van der Waals surface area (Å²) in [5.41, 5.74) is 2.40. The average molecular weight is 416 g/mol. The number of anilines is 1. The molecule has 0 aliphatic rings. The lowest BCUT2D eigenvalue weighted by molar-refractivity contribution is -0.137. The Bertz CT molecular complexity index is 1220. The minimum absolute atomic E-state index is 0.00966. The van der Waals surface area contributed by atoms with Crippen molar-refractivity contribution in [1.82, 2.24) is 4.98 Å². The molecule has 4 nitrogen and oxygen atoms in total. The summed E-state index contributed by atoms with van der Waals surface area (Å²) in [4.78, 5) is 16.9. The van der Waals surface area contributed by atoms with Crippen molar-refractivity contribution in [3.05, 3.63) is 71.0 Å². The summed E-state index contributed by atoms with van der Waals surface area (Å²) < 4.78 is 45.1. The van der Waals surface area contributed by atoms with Crippen LogP contribution in [0.15, 0.2) is 52.9 Å². The number of carbonyl (C=O) groups excluding carboxylic acids is 1. The Labute approximate surface area is 168 Å². The van der Waals surface area contributed by atoms with Gasteiger partial charge in [-0.3, -0.25) is 10.1 Å². The molecule has 0 fully saturated rings. The van der Waals surface area contributed by atoms with Gasteiger partial charge in [0.05, 0.1) is 15.8 Å². The maximum Gasteiger partial charge on any atom is 0.416 e. The van der Waals surface area contributed by atoms with Crippen LogP contribution in [0.25, 0.3) is 21.5 Å². The first-order valence-corrected chi connectivity index (χ1v) is 9.49. The number of amides is 1. The highest BCUT2D eigenvalue weighted by atomic mass is 32.1. The number of rotatable bonds is 3. The topological polar surface area (TPSA) is 55.1 Å². The lowest BCUT2D eigenvalue weighted by Crippen LogP contribution is -2.10. The minimum Gasteiger partial charge on any atom is -0.451 e. The molecule has 0 atom stereocenters. The van der Waals surface area contributed by atoms with Gasteiger partial charge in [-0.25, -0.2) is 4.98 Å². The van der Waals surface area contributed by atoms with E-state index in [1.54, 1.807) is 0 Å². The Morgan fingerprint density at radius 1 is 1.10 bits per heavy atom. The molecule has 0 radical (unpaired) electrons. The Kier molecular flexibility index (Phi) is 4.66. The van der Waals surface area contributed by atoms with Gasteiger partial charge in [0.15, 0.2) is 10.9 Å². The maximum absolute atomic E-state index is 12.9. The molecule has 0 unspecified atom stereocenters. The fraction of sp³-hybridized carbons (Fsp3) is 0.143. The van der Waals surface area contributed by atoms with E-state index in [0.717, 1.165) is 33.5 Å². The van der Waals surface area contributed by atoms with Crippen LogP contribution in [0.5, 0.6) is 0 Å². The molecular formula is C21H15F3N2O2S. The van der Waals surface area contributed by atoms with E-state index >= 15 is 0 Å². The third-order valence-corrected chi connectivity index (χ3v) is 5.27. The van der Waals surface area contributed by atoms with E-state index in [-0.39, 0.29) is 17.1 Å². The molecule has 2 heterocycles. The second-order valence-electron chi connectivity index (χ2n) is 6.64. The number of aromatic nitrogens is 1. The molecule has 2 aromatic heterocycles. The molecule has 1 amide bonds. The van der Waals surface area contributed by atoms with E-state index in [1.807, 2.05) is 26.0 Å². The standard InChI is InChI=1S/C21H15F3N2O2S/c1-11-8-12(2)18-17(9-11)29-20(25-18)26-19(27)16-7-6-15(28-16)13-4-3-5-14(10-13)21(22,23)24/h3-10H,1-2H3,(H,25,26,27). The molecule has 0 saturated carbocycles. The van der Waals surface area contributed by atoms with Crippen LogP contribution in [0, 0.1) is 13.8 Å². The highest BCUT2D eigenvalue weighted by molar-refractivity contribution is 7.22. The molecule has 0 aliphatic carbocycles. The number of hydrogen-bond donors (Lipinski definition) is 1. The molecular weight excluding hydrogens is 401 g/mol. The first-order chi connectivity index (χ1) is 13.7. The van der Waals surface area contributed by atoms with Crippen molar-refractivity contribution in [2.75, 3.05) is 5.32 Å². The molecule has 0 bridgehead atoms. The van der Waals surface area contributed by atoms with Crippen LogP contribution in [0.1, 0.15) is 27.2 Å². The lowest BCUT2D eigenvalue weighted by atomic mass is 10.1. The largest absolute Gasteiger partial charge is 0.451 e. The van der Waals surface area contributed by atoms with Gasteiger partial charge in [0.2, 0.25) is 0 Å². The smallest absolute Gasteiger partial charge is 0.416 e. The van der Waals surface area contributed by atoms with Crippen LogP contribution >= 0.6 is 11.3 Å². The number of aryl methyl sites for hydroxylation is 2. The highest BCUT2D eigenvalue weighted by Crippen LogP contribution is 2.33. The predicted molar refractivity (Wildman–Crippen MR) is 106 cm³/mol. The van der Waals surface area contributed by atoms with Gasteiger partial charge in [-0.15, -0.1) is 0 Å². The fourth-order valence-electron chi connectivity index (χ4n) is 3.05. The first-order valence-electron chi connectivity index (χ1n) is 8.67. The molecule has 4 rings (SSSR count). The van der Waals surface area contributed by atoms with Gasteiger partial charge in [0.1, 0.15) is 5.76 Å². The zero-order valence-corrected chi connectivity index (χ0v) is 16.2. The number of thiazole rings is 1. The Hall–Kier alpha value is -3.13. The molecule has 4 aromatic rings. The van der Waals surface area contributed by atoms with Crippen molar-refractivity contribution in [2.45, 2.75) is 20.0 Å². The van der Waals surface area contributed by atoms with Gasteiger partial charge < -0.3 is 4.42 Å². The van der Waals surface area contributed by atoms with Gasteiger partial charge in [-0.2, -0.15) is 13.2 Å². The predicted octanol–water partition coefficient (Wildman–Crippen LogP) is 6.44. The van der Waals surface area contributed by atoms with Crippen molar-refractivity contribution in [1.29, 1.82) is 0 Å². The number of fused-ring (bicyclic) bond motifs is 1. The number of benzene rings is 2. The van der Waals surface area contributed by atoms with E-state index in [2.05, 4.69) is 10.3 Å². The Morgan fingerprint density at radius 2 is 1.90 bits per heavy atom. The summed E-state index contributed by atoms with van der Waals surface area (Å²) >= 11 is 1.35. The number of halogens is 3. The normalized spacial score (nSPS) is 11.8. The zero-order chi connectivity index (χ0) is 20.8. The Balaban J connectivity index is 1.57. The van der Waals surface area contributed by atoms with E-state index in [9.17, 15) is 18.0 Å². The number of nitrogens with zero attached hydrogens (tertiary/aromatic N) is 1. The van der Waals surface area contributed by atoms with E-state index in [0.29, 0.717) is 5.13 Å². The van der Waals surface area contributed by atoms with Crippen LogP contribution in [-0.4, -0.2) is 10.9 Å². The summed E-state index contributed by atoms with van der Waals surface area (Å²) in [7, 11) is 0. The Morgan fingerprint density at radius 3 is 2.66 bits per heavy atom. The maximum atomic E-state index is 12.9. The molecule has 1 N–H and O–H groups in total. The SMILES string of the molecule is Cc1cc(C)c2nc(NC(=O)c3ccc(-c4cccc(C(F)(F)F)c4)o3)sc2c1. The summed E-state index contributed by atoms with van der Waals surface area (Å²) in [6, 6.07) is 11.7. The molecule has 0 saturated heterocycles. The van der Waals surface area contributed by atoms with Crippen molar-refractivity contribution in [3.63, 3.8) is 0 Å². The molecule has 0 aliphatic heterocycles. The van der Waals surface area contributed by atoms with E-state index in [4.69, 9.17) is 4.42 Å². The average Bonchev–Trinajstić information content (AvgIpc) is 3.28. The summed E-state index contributed by atoms with van der Waals surface area (Å²) in [5, 5.41) is 3.12. The fourth-order valence-corrected chi connectivity index (χ4v) is 4.08. The molecule has 0 spiro atoms. The van der Waals surface area contributed by atoms with Crippen LogP contribution in [0.3, 0.4) is 0 Å². The quantitative estimate of drug-likeness (QED) is 0.418. The summed E-state index contributed by atoms with van der Waals surface area (Å²) in [6.45, 7) is 3.94. The van der Waals surface area contributed by atoms with Crippen LogP contribution in [0.2, 0.25) is 0 Å². The van der Waals surface area contributed by atoms with Crippen LogP contribution in [-0.2, 0) is 6.18 Å². The number of nitrogens with one attached hydrogen (secondary N) is 1. The molecule has 8 heteroatoms. The second-order valence-corrected chi connectivity index (χ2v) is 7.67. The lowest BCUT2D eigenvalue weighted by Gasteiger charge is -2.07. The third-order valence-electron chi connectivity index (χ3n) is 4.35. The van der Waals surface area contributed by atoms with Crippen LogP contribution < -0.4 is 5.32 Å². The molecule has 2 aromatic carbocycles. The van der Waals surface area contributed by atoms with Gasteiger partial charge in [-0.1, -0.05) is 29.5 Å². The first kappa shape index (κ1) is 19.2. The molecule has 148 valence electrons. The van der Waals surface area contributed by atoms with Gasteiger partial charge in [-0.05, 0) is 55.3 Å². The van der Waals surface area contributed by atoms with Crippen molar-refractivity contribution in [3.8, 4) is 11.3 Å². The van der Waals surface area contributed by atoms with Gasteiger partial charge >= 0.3 is 6.18 Å². The summed E-state index contributed by atoms with van der Waals surface area (Å²) in [6.07, 6.45) is -4.45. The zero-order valence-electron chi connectivity index (χ0n) is 15.4. The second kappa shape index (κ2) is 7.04. The van der Waals surface area contributed by atoms with Gasteiger partial charge in [0.25, 0.3) is 5.91 Å². The van der Waals surface area contributed by atoms with E-state index < -0.39 is 17.6 Å². The number of hydrogen-bond acceptors (Lipinski definition) is 4. The number of alkyl halides is 3. The number of furan rings is 1. The molecule has 29 heavy (non-hydrogen) atoms.